The van der Waals surface area contributed by atoms with Gasteiger partial charge < -0.3 is 10.4 Å². The predicted octanol–water partition coefficient (Wildman–Crippen LogP) is 3.59. The molecule has 0 heterocycles. The van der Waals surface area contributed by atoms with E-state index in [9.17, 15) is 9.90 Å². The number of benzene rings is 1. The van der Waals surface area contributed by atoms with E-state index < -0.39 is 6.10 Å². The fraction of sp³-hybridized carbons (Fsp3) is 0.533. The molecular weight excluding hydrogens is 294 g/mol. The van der Waals surface area contributed by atoms with Crippen molar-refractivity contribution in [3.8, 4) is 0 Å². The average molecular weight is 316 g/mol. The van der Waals surface area contributed by atoms with Crippen LogP contribution in [0.3, 0.4) is 0 Å². The topological polar surface area (TPSA) is 49.3 Å². The first-order chi connectivity index (χ1) is 9.25. The lowest BCUT2D eigenvalue weighted by atomic mass is 9.89. The average Bonchev–Trinajstić information content (AvgIpc) is 2.36. The van der Waals surface area contributed by atoms with Gasteiger partial charge in [-0.05, 0) is 29.4 Å². The van der Waals surface area contributed by atoms with Crippen molar-refractivity contribution in [1.82, 2.24) is 5.32 Å². The molecule has 0 bridgehead atoms. The van der Waals surface area contributed by atoms with Gasteiger partial charge in [-0.2, -0.15) is 0 Å². The summed E-state index contributed by atoms with van der Waals surface area (Å²) in [6.07, 6.45) is -0.590. The Morgan fingerprint density at radius 3 is 2.65 bits per heavy atom. The van der Waals surface area contributed by atoms with E-state index in [-0.39, 0.29) is 17.9 Å². The molecule has 112 valence electrons. The maximum Gasteiger partial charge on any atom is 0.252 e. The summed E-state index contributed by atoms with van der Waals surface area (Å²) in [5.41, 5.74) is 0.299. The highest BCUT2D eigenvalue weighted by Crippen LogP contribution is 2.26. The van der Waals surface area contributed by atoms with Crippen LogP contribution in [-0.4, -0.2) is 29.4 Å². The van der Waals surface area contributed by atoms with Gasteiger partial charge >= 0.3 is 0 Å². The van der Waals surface area contributed by atoms with Crippen LogP contribution < -0.4 is 5.32 Å². The smallest absolute Gasteiger partial charge is 0.252 e. The Labute approximate surface area is 130 Å². The van der Waals surface area contributed by atoms with Crippen LogP contribution in [0.2, 0.25) is 5.02 Å². The van der Waals surface area contributed by atoms with Crippen molar-refractivity contribution in [2.45, 2.75) is 38.7 Å². The predicted molar refractivity (Wildman–Crippen MR) is 85.6 cm³/mol. The minimum atomic E-state index is -0.590. The number of aliphatic hydroxyl groups excluding tert-OH is 1. The van der Waals surface area contributed by atoms with Crippen LogP contribution in [0.15, 0.2) is 23.1 Å². The van der Waals surface area contributed by atoms with Gasteiger partial charge in [-0.25, -0.2) is 0 Å². The Bertz CT molecular complexity index is 471. The summed E-state index contributed by atoms with van der Waals surface area (Å²) in [5, 5.41) is 13.3. The Hall–Kier alpha value is -0.710. The zero-order chi connectivity index (χ0) is 15.3. The Morgan fingerprint density at radius 1 is 1.45 bits per heavy atom. The number of nitrogens with one attached hydrogen (secondary N) is 1. The van der Waals surface area contributed by atoms with Crippen molar-refractivity contribution in [1.29, 1.82) is 0 Å². The van der Waals surface area contributed by atoms with E-state index in [4.69, 9.17) is 11.6 Å². The molecule has 0 aliphatic rings. The lowest BCUT2D eigenvalue weighted by Gasteiger charge is -2.26. The SMILES string of the molecule is CCSc1ccc(Cl)cc1C(=O)NCC(O)C(C)(C)C. The number of amides is 1. The van der Waals surface area contributed by atoms with Crippen molar-refractivity contribution in [3.05, 3.63) is 28.8 Å². The van der Waals surface area contributed by atoms with Gasteiger partial charge in [0.1, 0.15) is 0 Å². The highest BCUT2D eigenvalue weighted by molar-refractivity contribution is 7.99. The second kappa shape index (κ2) is 7.34. The number of carbonyl (C=O) groups is 1. The first kappa shape index (κ1) is 17.3. The summed E-state index contributed by atoms with van der Waals surface area (Å²) in [6, 6.07) is 5.30. The zero-order valence-corrected chi connectivity index (χ0v) is 13.9. The molecule has 0 saturated carbocycles. The van der Waals surface area contributed by atoms with Crippen molar-refractivity contribution >= 4 is 29.3 Å². The number of carbonyl (C=O) groups excluding carboxylic acids is 1. The quantitative estimate of drug-likeness (QED) is 0.816. The molecule has 0 saturated heterocycles. The van der Waals surface area contributed by atoms with E-state index in [0.29, 0.717) is 10.6 Å². The van der Waals surface area contributed by atoms with E-state index in [2.05, 4.69) is 5.32 Å². The first-order valence-corrected chi connectivity index (χ1v) is 8.00. The number of thioether (sulfide) groups is 1. The minimum absolute atomic E-state index is 0.202. The molecule has 2 N–H and O–H groups in total. The van der Waals surface area contributed by atoms with Gasteiger partial charge in [0.2, 0.25) is 0 Å². The molecule has 0 aliphatic carbocycles. The van der Waals surface area contributed by atoms with Gasteiger partial charge in [-0.3, -0.25) is 4.79 Å². The maximum absolute atomic E-state index is 12.2. The monoisotopic (exact) mass is 315 g/mol. The van der Waals surface area contributed by atoms with Gasteiger partial charge in [0.05, 0.1) is 11.7 Å². The van der Waals surface area contributed by atoms with E-state index in [1.54, 1.807) is 23.9 Å². The molecule has 1 amide bonds. The summed E-state index contributed by atoms with van der Waals surface area (Å²) in [5.74, 6) is 0.679. The van der Waals surface area contributed by atoms with E-state index >= 15 is 0 Å². The van der Waals surface area contributed by atoms with E-state index in [1.165, 1.54) is 0 Å². The van der Waals surface area contributed by atoms with Crippen LogP contribution in [-0.2, 0) is 0 Å². The Morgan fingerprint density at radius 2 is 2.10 bits per heavy atom. The van der Waals surface area contributed by atoms with Gasteiger partial charge in [-0.15, -0.1) is 11.8 Å². The van der Waals surface area contributed by atoms with Crippen LogP contribution in [0.4, 0.5) is 0 Å². The molecule has 20 heavy (non-hydrogen) atoms. The maximum atomic E-state index is 12.2. The lowest BCUT2D eigenvalue weighted by molar-refractivity contribution is 0.0586. The molecule has 0 fully saturated rings. The number of hydrogen-bond donors (Lipinski definition) is 2. The number of hydrogen-bond acceptors (Lipinski definition) is 3. The third-order valence-corrected chi connectivity index (χ3v) is 4.13. The summed E-state index contributed by atoms with van der Waals surface area (Å²) < 4.78 is 0. The molecular formula is C15H22ClNO2S. The Balaban J connectivity index is 2.79. The molecule has 0 aliphatic heterocycles. The van der Waals surface area contributed by atoms with Crippen molar-refractivity contribution < 1.29 is 9.90 Å². The van der Waals surface area contributed by atoms with Crippen LogP contribution in [0.25, 0.3) is 0 Å². The second-order valence-corrected chi connectivity index (χ2v) is 7.41. The highest BCUT2D eigenvalue weighted by Gasteiger charge is 2.23. The molecule has 3 nitrogen and oxygen atoms in total. The summed E-state index contributed by atoms with van der Waals surface area (Å²) in [6.45, 7) is 8.06. The molecule has 0 spiro atoms. The zero-order valence-electron chi connectivity index (χ0n) is 12.4. The molecule has 1 unspecified atom stereocenters. The molecule has 0 radical (unpaired) electrons. The van der Waals surface area contributed by atoms with E-state index in [0.717, 1.165) is 10.6 Å². The highest BCUT2D eigenvalue weighted by atomic mass is 35.5. The van der Waals surface area contributed by atoms with Gasteiger partial charge in [-0.1, -0.05) is 39.3 Å². The Kier molecular flexibility index (Phi) is 6.37. The third kappa shape index (κ3) is 5.00. The summed E-state index contributed by atoms with van der Waals surface area (Å²) in [7, 11) is 0. The lowest BCUT2D eigenvalue weighted by Crippen LogP contribution is -2.39. The molecule has 0 aromatic heterocycles. The minimum Gasteiger partial charge on any atom is -0.391 e. The van der Waals surface area contributed by atoms with E-state index in [1.807, 2.05) is 33.8 Å². The number of rotatable bonds is 5. The summed E-state index contributed by atoms with van der Waals surface area (Å²) >= 11 is 7.55. The van der Waals surface area contributed by atoms with Gasteiger partial charge in [0.15, 0.2) is 0 Å². The molecule has 1 aromatic carbocycles. The van der Waals surface area contributed by atoms with Crippen molar-refractivity contribution in [2.24, 2.45) is 5.41 Å². The fourth-order valence-electron chi connectivity index (χ4n) is 1.55. The molecule has 1 rings (SSSR count). The van der Waals surface area contributed by atoms with Crippen molar-refractivity contribution in [3.63, 3.8) is 0 Å². The molecule has 1 aromatic rings. The van der Waals surface area contributed by atoms with Crippen molar-refractivity contribution in [2.75, 3.05) is 12.3 Å². The first-order valence-electron chi connectivity index (χ1n) is 6.64. The van der Waals surface area contributed by atoms with Gasteiger partial charge in [0.25, 0.3) is 5.91 Å². The molecule has 5 heteroatoms. The summed E-state index contributed by atoms with van der Waals surface area (Å²) in [4.78, 5) is 13.1. The second-order valence-electron chi connectivity index (χ2n) is 5.67. The van der Waals surface area contributed by atoms with Crippen LogP contribution in [0.1, 0.15) is 38.1 Å². The van der Waals surface area contributed by atoms with Crippen LogP contribution in [0, 0.1) is 5.41 Å². The number of aliphatic hydroxyl groups is 1. The van der Waals surface area contributed by atoms with Crippen LogP contribution in [0.5, 0.6) is 0 Å². The normalized spacial score (nSPS) is 13.1. The standard InChI is InChI=1S/C15H22ClNO2S/c1-5-20-12-7-6-10(16)8-11(12)14(19)17-9-13(18)15(2,3)4/h6-8,13,18H,5,9H2,1-4H3,(H,17,19). The van der Waals surface area contributed by atoms with Gasteiger partial charge in [0, 0.05) is 16.5 Å². The van der Waals surface area contributed by atoms with Crippen LogP contribution >= 0.6 is 23.4 Å². The number of halogens is 1. The largest absolute Gasteiger partial charge is 0.391 e. The fourth-order valence-corrected chi connectivity index (χ4v) is 2.51. The molecule has 1 atom stereocenters. The third-order valence-electron chi connectivity index (χ3n) is 2.94.